The van der Waals surface area contributed by atoms with Crippen LogP contribution in [0.25, 0.3) is 10.9 Å². The molecule has 0 saturated carbocycles. The number of aliphatic carboxylic acids is 3. The largest absolute Gasteiger partial charge is 0.508 e. The number of aromatic amines is 1. The molecule has 3 aliphatic heterocycles. The first-order chi connectivity index (χ1) is 53.3. The summed E-state index contributed by atoms with van der Waals surface area (Å²) in [7, 11) is 3.39. The fraction of sp³-hybridized carbons (Fsp3) is 0.463. The van der Waals surface area contributed by atoms with Gasteiger partial charge in [-0.2, -0.15) is 0 Å². The third kappa shape index (κ3) is 29.1. The number of carboxylic acid groups (broad SMARTS) is 3. The van der Waals surface area contributed by atoms with E-state index in [1.54, 1.807) is 114 Å². The molecule has 32 heteroatoms. The maximum Gasteiger partial charge on any atom is 0.407 e. The number of nitrogens with one attached hydrogen (secondary N) is 9. The number of carbonyl (C=O) groups excluding carboxylic acids is 8. The number of piperidine rings is 1. The van der Waals surface area contributed by atoms with Gasteiger partial charge in [-0.25, -0.2) is 4.79 Å². The van der Waals surface area contributed by atoms with Gasteiger partial charge in [0.2, 0.25) is 41.4 Å². The molecule has 1 radical (unpaired) electrons. The molecular weight excluding hydrogens is 1600 g/mol. The first-order valence-electron chi connectivity index (χ1n) is 37.7. The number of carboxylic acids is 3. The second-order valence-corrected chi connectivity index (χ2v) is 28.4. The van der Waals surface area contributed by atoms with Crippen molar-refractivity contribution in [2.45, 2.75) is 121 Å². The Morgan fingerprint density at radius 1 is 0.562 bits per heavy atom. The van der Waals surface area contributed by atoms with Gasteiger partial charge >= 0.3 is 24.0 Å². The fourth-order valence-corrected chi connectivity index (χ4v) is 13.6. The van der Waals surface area contributed by atoms with Crippen molar-refractivity contribution in [3.63, 3.8) is 0 Å². The number of ether oxygens (including phenoxy) is 2. The smallest absolute Gasteiger partial charge is 0.407 e. The monoisotopic (exact) mass is 1710 g/mol. The van der Waals surface area contributed by atoms with Crippen LogP contribution < -0.4 is 47.3 Å². The van der Waals surface area contributed by atoms with E-state index in [2.05, 4.69) is 47.5 Å². The number of fused-ring (bicyclic) bond motifs is 2. The van der Waals surface area contributed by atoms with E-state index in [1.807, 2.05) is 68.4 Å². The third-order valence-corrected chi connectivity index (χ3v) is 19.9. The second-order valence-electron chi connectivity index (χ2n) is 28.4. The number of benzene rings is 5. The molecule has 5 aromatic carbocycles. The SMILES string of the molecule is CCN(C)CC(=O)O.CCN(CCN(CCN(C)CC(=O)O)CC(=O)O)CC(=O)NCCNC(=O)O[C@@H]1C[C@H]2C(=O)N[C@@H](Cc3ccc(O)cc3)C(=O)N[C@H]([C@@H](C)c3c[nH]c4ccccc34)C(=O)N[C@@H](CC3CCNCC3)C(=O)N[C@@H](Cc3ccc(OCc4ccccc4)cc3)C(=O)N[C@@H](Cc3ccccc3)C(=O)N2C1.[Lu]. The number of phenolic OH excluding ortho intramolecular Hbond substituents is 1. The molecular formula is C80H106LuN14O17. The Balaban J connectivity index is 0.00000183. The van der Waals surface area contributed by atoms with Gasteiger partial charge in [0.1, 0.15) is 60.5 Å². The van der Waals surface area contributed by atoms with Crippen LogP contribution in [-0.2, 0) is 78.6 Å². The van der Waals surface area contributed by atoms with Crippen LogP contribution in [-0.4, -0.2) is 270 Å². The van der Waals surface area contributed by atoms with Crippen molar-refractivity contribution in [3.05, 3.63) is 167 Å². The van der Waals surface area contributed by atoms with Crippen molar-refractivity contribution < 1.29 is 120 Å². The molecule has 3 saturated heterocycles. The summed E-state index contributed by atoms with van der Waals surface area (Å²) in [5.41, 5.74) is 4.07. The van der Waals surface area contributed by atoms with Crippen molar-refractivity contribution in [2.24, 2.45) is 5.92 Å². The molecule has 613 valence electrons. The Hall–Kier alpha value is -9.76. The fourth-order valence-electron chi connectivity index (χ4n) is 13.6. The molecule has 0 unspecified atom stereocenters. The first kappa shape index (κ1) is 89.4. The average molecular weight is 1710 g/mol. The van der Waals surface area contributed by atoms with E-state index < -0.39 is 114 Å². The first-order valence-corrected chi connectivity index (χ1v) is 37.7. The number of rotatable bonds is 33. The third-order valence-electron chi connectivity index (χ3n) is 19.9. The minimum Gasteiger partial charge on any atom is -0.508 e. The van der Waals surface area contributed by atoms with Crippen LogP contribution in [0.1, 0.15) is 80.2 Å². The number of phenols is 1. The minimum atomic E-state index is -1.48. The van der Waals surface area contributed by atoms with E-state index >= 15 is 28.8 Å². The maximum absolute atomic E-state index is 15.8. The normalized spacial score (nSPS) is 19.6. The Bertz CT molecular complexity index is 4060. The van der Waals surface area contributed by atoms with Crippen LogP contribution in [0.3, 0.4) is 0 Å². The van der Waals surface area contributed by atoms with Crippen molar-refractivity contribution in [2.75, 3.05) is 112 Å². The van der Waals surface area contributed by atoms with Gasteiger partial charge in [0.05, 0.1) is 32.7 Å². The molecule has 0 spiro atoms. The summed E-state index contributed by atoms with van der Waals surface area (Å²) >= 11 is 0. The van der Waals surface area contributed by atoms with E-state index in [4.69, 9.17) is 19.7 Å². The summed E-state index contributed by atoms with van der Waals surface area (Å²) in [5, 5.41) is 61.5. The van der Waals surface area contributed by atoms with Crippen molar-refractivity contribution >= 4 is 76.3 Å². The van der Waals surface area contributed by atoms with Crippen molar-refractivity contribution in [1.29, 1.82) is 0 Å². The van der Waals surface area contributed by atoms with Gasteiger partial charge in [0, 0.05) is 125 Å². The number of carbonyl (C=O) groups is 11. The molecule has 3 fully saturated rings. The summed E-state index contributed by atoms with van der Waals surface area (Å²) in [6, 6.07) is 30.4. The quantitative estimate of drug-likeness (QED) is 0.0263. The molecule has 8 amide bonds. The maximum atomic E-state index is 15.8. The molecule has 1 aromatic heterocycles. The number of amides is 8. The topological polar surface area (TPSA) is 415 Å². The molecule has 13 N–H and O–H groups in total. The molecule has 9 rings (SSSR count). The molecule has 4 heterocycles. The van der Waals surface area contributed by atoms with E-state index in [1.165, 1.54) is 17.0 Å². The van der Waals surface area contributed by atoms with Crippen molar-refractivity contribution in [1.82, 2.24) is 72.0 Å². The summed E-state index contributed by atoms with van der Waals surface area (Å²) in [6.45, 7) is 8.57. The van der Waals surface area contributed by atoms with Gasteiger partial charge in [0.25, 0.3) is 0 Å². The molecule has 6 aromatic rings. The van der Waals surface area contributed by atoms with Crippen LogP contribution in [0.4, 0.5) is 4.79 Å². The number of aromatic nitrogens is 1. The number of aromatic hydroxyl groups is 1. The van der Waals surface area contributed by atoms with E-state index in [-0.39, 0.29) is 146 Å². The van der Waals surface area contributed by atoms with Gasteiger partial charge in [-0.3, -0.25) is 67.5 Å². The number of H-pyrrole nitrogens is 1. The Morgan fingerprint density at radius 3 is 1.71 bits per heavy atom. The molecule has 8 atom stereocenters. The molecule has 0 bridgehead atoms. The minimum absolute atomic E-state index is 0. The van der Waals surface area contributed by atoms with Crippen LogP contribution in [0.15, 0.2) is 140 Å². The van der Waals surface area contributed by atoms with Crippen LogP contribution in [0.2, 0.25) is 0 Å². The van der Waals surface area contributed by atoms with Gasteiger partial charge in [-0.1, -0.05) is 124 Å². The molecule has 3 aliphatic rings. The van der Waals surface area contributed by atoms with E-state index in [9.17, 15) is 34.2 Å². The summed E-state index contributed by atoms with van der Waals surface area (Å²) in [4.78, 5) is 164. The van der Waals surface area contributed by atoms with Crippen molar-refractivity contribution in [3.8, 4) is 11.5 Å². The molecule has 31 nitrogen and oxygen atoms in total. The Morgan fingerprint density at radius 2 is 1.09 bits per heavy atom. The Kier molecular flexibility index (Phi) is 36.5. The summed E-state index contributed by atoms with van der Waals surface area (Å²) < 4.78 is 12.0. The molecule has 112 heavy (non-hydrogen) atoms. The number of hydrogen-bond donors (Lipinski definition) is 13. The zero-order valence-electron chi connectivity index (χ0n) is 63.8. The van der Waals surface area contributed by atoms with Crippen LogP contribution >= 0.6 is 0 Å². The molecule has 0 aliphatic carbocycles. The summed E-state index contributed by atoms with van der Waals surface area (Å²) in [6.07, 6.45) is 0.396. The zero-order valence-corrected chi connectivity index (χ0v) is 65.5. The number of nitrogens with zero attached hydrogens (tertiary/aromatic N) is 5. The van der Waals surface area contributed by atoms with Gasteiger partial charge in [-0.05, 0) is 124 Å². The number of hydrogen-bond acceptors (Lipinski definition) is 19. The summed E-state index contributed by atoms with van der Waals surface area (Å²) in [5.74, 6) is -8.23. The number of para-hydroxylation sites is 1. The van der Waals surface area contributed by atoms with E-state index in [0.29, 0.717) is 73.6 Å². The number of alkyl carbamates (subject to hydrolysis) is 1. The van der Waals surface area contributed by atoms with E-state index in [0.717, 1.165) is 23.0 Å². The number of likely N-dealkylation sites (N-methyl/N-ethyl adjacent to an activating group) is 3. The predicted molar refractivity (Wildman–Crippen MR) is 413 cm³/mol. The average Bonchev–Trinajstić information content (AvgIpc) is 1.72. The van der Waals surface area contributed by atoms with Gasteiger partial charge in [-0.15, -0.1) is 0 Å². The second kappa shape index (κ2) is 45.7. The predicted octanol–water partition coefficient (Wildman–Crippen LogP) is 2.67. The Labute approximate surface area is 681 Å². The van der Waals surface area contributed by atoms with Gasteiger partial charge in [0.15, 0.2) is 0 Å². The standard InChI is InChI=1S/C75H95N13O15.C5H11NO2.Lu/c1-4-86(35-36-87(46-67(93)94)34-33-85(3)45-66(91)92)44-65(90)77-31-32-78-75(101)103-56-41-64-72(98)81-62(37-50-19-23-54(89)24-20-50)71(97)84-68(48(2)58-42-79-59-18-12-11-17-57(58)59)73(99)82-61(39-52-27-29-76-30-28-52)69(95)80-60(38-51-21-25-55(26-22-51)102-47-53-15-9-6-10-16-53)70(96)83-63(74(100)88(64)43-56)40-49-13-7-5-8-14-49;1-3-6(2)4-5(7)8;/h5-26,42,48,52,56,60-64,68,76,79,89H,4,27-41,43-47H2,1-3H3,(H,77,90)(H,78,101)(H,80,95)(H,81,98)(H,82,99)(H,83,96)(H,84,97)(H,91,92)(H,93,94);3-4H2,1-2H3,(H,7,8);/t48-,56+,60-,61-,62-,63-,64-,68+;;/m0../s1. The van der Waals surface area contributed by atoms with Crippen LogP contribution in [0, 0.1) is 42.8 Å². The van der Waals surface area contributed by atoms with Gasteiger partial charge < -0.3 is 82.3 Å². The van der Waals surface area contributed by atoms with Crippen LogP contribution in [0.5, 0.6) is 11.5 Å². The zero-order chi connectivity index (χ0) is 79.9.